The summed E-state index contributed by atoms with van der Waals surface area (Å²) in [6.07, 6.45) is 3.15. The van der Waals surface area contributed by atoms with E-state index in [-0.39, 0.29) is 11.8 Å². The number of carbonyl (C=O) groups is 1. The van der Waals surface area contributed by atoms with Gasteiger partial charge in [-0.15, -0.1) is 11.8 Å². The number of carbonyl (C=O) groups excluding carboxylic acids is 1. The Morgan fingerprint density at radius 1 is 1.18 bits per heavy atom. The second kappa shape index (κ2) is 8.96. The number of amides is 1. The van der Waals surface area contributed by atoms with E-state index < -0.39 is 5.91 Å². The highest BCUT2D eigenvalue weighted by Gasteiger charge is 2.18. The molecule has 0 saturated carbocycles. The Hall–Kier alpha value is -3.84. The first-order chi connectivity index (χ1) is 16.1. The molecule has 0 bridgehead atoms. The van der Waals surface area contributed by atoms with Crippen LogP contribution >= 0.6 is 11.8 Å². The van der Waals surface area contributed by atoms with Crippen molar-refractivity contribution in [2.45, 2.75) is 5.03 Å². The summed E-state index contributed by atoms with van der Waals surface area (Å²) < 4.78 is 10.8. The van der Waals surface area contributed by atoms with Gasteiger partial charge >= 0.3 is 6.01 Å². The average Bonchev–Trinajstić information content (AvgIpc) is 3.47. The Morgan fingerprint density at radius 3 is 2.67 bits per heavy atom. The number of aromatic nitrogens is 5. The Labute approximate surface area is 192 Å². The normalized spacial score (nSPS) is 13.9. The summed E-state index contributed by atoms with van der Waals surface area (Å²) in [5, 5.41) is 14.8. The largest absolute Gasteiger partial charge is 0.418 e. The van der Waals surface area contributed by atoms with Crippen LogP contribution in [-0.2, 0) is 4.74 Å². The number of hydrogen-bond acceptors (Lipinski definition) is 11. The van der Waals surface area contributed by atoms with Crippen LogP contribution < -0.4 is 21.3 Å². The minimum absolute atomic E-state index is 0.0567. The number of nitrogens with zero attached hydrogens (tertiary/aromatic N) is 5. The fourth-order valence-corrected chi connectivity index (χ4v) is 3.99. The van der Waals surface area contributed by atoms with Crippen molar-refractivity contribution < 1.29 is 13.9 Å². The number of oxazole rings is 1. The maximum absolute atomic E-state index is 11.3. The van der Waals surface area contributed by atoms with E-state index >= 15 is 0 Å². The van der Waals surface area contributed by atoms with Gasteiger partial charge in [-0.1, -0.05) is 0 Å². The number of morpholine rings is 1. The smallest absolute Gasteiger partial charge is 0.301 e. The van der Waals surface area contributed by atoms with Gasteiger partial charge in [0, 0.05) is 24.5 Å². The van der Waals surface area contributed by atoms with E-state index in [0.717, 1.165) is 37.7 Å². The van der Waals surface area contributed by atoms with Crippen LogP contribution in [0.2, 0.25) is 0 Å². The summed E-state index contributed by atoms with van der Waals surface area (Å²) >= 11 is 1.44. The van der Waals surface area contributed by atoms with Crippen LogP contribution in [0.15, 0.2) is 39.9 Å². The van der Waals surface area contributed by atoms with E-state index in [9.17, 15) is 4.79 Å². The van der Waals surface area contributed by atoms with Gasteiger partial charge in [0.15, 0.2) is 11.5 Å². The van der Waals surface area contributed by atoms with Crippen molar-refractivity contribution in [3.05, 3.63) is 36.2 Å². The lowest BCUT2D eigenvalue weighted by Crippen LogP contribution is -2.36. The molecule has 12 nitrogen and oxygen atoms in total. The van der Waals surface area contributed by atoms with Crippen molar-refractivity contribution >= 4 is 57.9 Å². The number of H-pyrrole nitrogens is 1. The second-order valence-corrected chi connectivity index (χ2v) is 7.94. The SMILES string of the molecule is CSc1n[nH]c2nc(Nc3ccc(N4CCOCC4)cc3)nc(Nc3ncc(C(N)=O)o3)c12. The van der Waals surface area contributed by atoms with Crippen molar-refractivity contribution in [1.82, 2.24) is 25.1 Å². The molecule has 0 unspecified atom stereocenters. The van der Waals surface area contributed by atoms with Crippen molar-refractivity contribution in [3.8, 4) is 0 Å². The predicted octanol–water partition coefficient (Wildman–Crippen LogP) is 2.49. The van der Waals surface area contributed by atoms with Gasteiger partial charge in [0.1, 0.15) is 5.03 Å². The first-order valence-corrected chi connectivity index (χ1v) is 11.4. The molecule has 1 aromatic carbocycles. The Morgan fingerprint density at radius 2 is 1.97 bits per heavy atom. The third kappa shape index (κ3) is 4.40. The summed E-state index contributed by atoms with van der Waals surface area (Å²) in [5.74, 6) is 0.00341. The monoisotopic (exact) mass is 467 g/mol. The number of nitrogens with two attached hydrogens (primary N) is 1. The summed E-state index contributed by atoms with van der Waals surface area (Å²) in [5.41, 5.74) is 7.74. The zero-order chi connectivity index (χ0) is 22.8. The maximum Gasteiger partial charge on any atom is 0.301 e. The third-order valence-electron chi connectivity index (χ3n) is 5.05. The zero-order valence-electron chi connectivity index (χ0n) is 17.7. The number of hydrogen-bond donors (Lipinski definition) is 4. The van der Waals surface area contributed by atoms with Crippen molar-refractivity contribution in [3.63, 3.8) is 0 Å². The molecular weight excluding hydrogens is 446 g/mol. The van der Waals surface area contributed by atoms with Crippen LogP contribution in [0, 0.1) is 0 Å². The molecular formula is C20H21N9O3S. The number of anilines is 5. The van der Waals surface area contributed by atoms with Crippen molar-refractivity contribution in [2.75, 3.05) is 48.1 Å². The first-order valence-electron chi connectivity index (χ1n) is 10.1. The van der Waals surface area contributed by atoms with Crippen molar-refractivity contribution in [2.24, 2.45) is 5.73 Å². The quantitative estimate of drug-likeness (QED) is 0.296. The highest BCUT2D eigenvalue weighted by molar-refractivity contribution is 7.98. The van der Waals surface area contributed by atoms with E-state index in [1.165, 1.54) is 18.0 Å². The number of fused-ring (bicyclic) bond motifs is 1. The second-order valence-electron chi connectivity index (χ2n) is 7.14. The molecule has 0 spiro atoms. The standard InChI is InChI=1S/C20H21N9O3S/c1-33-18-14-16(26-20-22-10-13(32-20)15(21)30)24-19(25-17(14)27-28-18)23-11-2-4-12(5-3-11)29-6-8-31-9-7-29/h2-5,10H,6-9H2,1H3,(H2,21,30)(H3,22,23,24,25,26,27,28). The molecule has 5 rings (SSSR count). The minimum atomic E-state index is -0.709. The molecule has 13 heteroatoms. The van der Waals surface area contributed by atoms with Gasteiger partial charge in [-0.3, -0.25) is 15.2 Å². The topological polar surface area (TPSA) is 160 Å². The Balaban J connectivity index is 1.42. The van der Waals surface area contributed by atoms with Gasteiger partial charge in [-0.05, 0) is 30.5 Å². The molecule has 5 N–H and O–H groups in total. The number of nitrogens with one attached hydrogen (secondary N) is 3. The van der Waals surface area contributed by atoms with Gasteiger partial charge in [-0.25, -0.2) is 4.98 Å². The lowest BCUT2D eigenvalue weighted by Gasteiger charge is -2.28. The van der Waals surface area contributed by atoms with Crippen LogP contribution in [0.1, 0.15) is 10.6 Å². The molecule has 0 radical (unpaired) electrons. The molecule has 1 amide bonds. The predicted molar refractivity (Wildman–Crippen MR) is 125 cm³/mol. The summed E-state index contributed by atoms with van der Waals surface area (Å²) in [6.45, 7) is 3.21. The molecule has 170 valence electrons. The van der Waals surface area contributed by atoms with Gasteiger partial charge in [0.25, 0.3) is 5.91 Å². The van der Waals surface area contributed by atoms with E-state index in [1.807, 2.05) is 30.5 Å². The summed E-state index contributed by atoms with van der Waals surface area (Å²) in [4.78, 5) is 26.8. The number of primary amides is 1. The van der Waals surface area contributed by atoms with E-state index in [4.69, 9.17) is 14.9 Å². The molecule has 4 heterocycles. The first kappa shape index (κ1) is 21.0. The molecule has 4 aromatic rings. The molecule has 1 saturated heterocycles. The third-order valence-corrected chi connectivity index (χ3v) is 5.74. The van der Waals surface area contributed by atoms with Crippen LogP contribution in [0.25, 0.3) is 11.0 Å². The minimum Gasteiger partial charge on any atom is -0.418 e. The van der Waals surface area contributed by atoms with Crippen LogP contribution in [0.3, 0.4) is 0 Å². The number of ether oxygens (including phenoxy) is 1. The lowest BCUT2D eigenvalue weighted by atomic mass is 10.2. The highest BCUT2D eigenvalue weighted by Crippen LogP contribution is 2.32. The van der Waals surface area contributed by atoms with Gasteiger partial charge < -0.3 is 25.1 Å². The number of benzene rings is 1. The van der Waals surface area contributed by atoms with Crippen LogP contribution in [0.4, 0.5) is 29.2 Å². The number of rotatable bonds is 7. The average molecular weight is 468 g/mol. The zero-order valence-corrected chi connectivity index (χ0v) is 18.5. The number of aromatic amines is 1. The fourth-order valence-electron chi connectivity index (χ4n) is 3.45. The van der Waals surface area contributed by atoms with Crippen molar-refractivity contribution in [1.29, 1.82) is 0 Å². The van der Waals surface area contributed by atoms with Gasteiger partial charge in [0.05, 0.1) is 24.8 Å². The Kier molecular flexibility index (Phi) is 5.71. The molecule has 1 fully saturated rings. The lowest BCUT2D eigenvalue weighted by molar-refractivity contribution is 0.0975. The van der Waals surface area contributed by atoms with E-state index in [2.05, 4.69) is 40.7 Å². The molecule has 0 atom stereocenters. The summed E-state index contributed by atoms with van der Waals surface area (Å²) in [6, 6.07) is 8.12. The molecule has 0 aliphatic carbocycles. The highest BCUT2D eigenvalue weighted by atomic mass is 32.2. The maximum atomic E-state index is 11.3. The van der Waals surface area contributed by atoms with Crippen LogP contribution in [-0.4, -0.2) is 63.6 Å². The Bertz CT molecular complexity index is 1280. The fraction of sp³-hybridized carbons (Fsp3) is 0.250. The molecule has 33 heavy (non-hydrogen) atoms. The molecule has 1 aliphatic rings. The summed E-state index contributed by atoms with van der Waals surface area (Å²) in [7, 11) is 0. The molecule has 1 aliphatic heterocycles. The van der Waals surface area contributed by atoms with Gasteiger partial charge in [0.2, 0.25) is 11.7 Å². The van der Waals surface area contributed by atoms with Crippen LogP contribution in [0.5, 0.6) is 0 Å². The van der Waals surface area contributed by atoms with Gasteiger partial charge in [-0.2, -0.15) is 15.1 Å². The molecule has 3 aromatic heterocycles. The van der Waals surface area contributed by atoms with E-state index in [1.54, 1.807) is 0 Å². The van der Waals surface area contributed by atoms with E-state index in [0.29, 0.717) is 27.8 Å². The number of thioether (sulfide) groups is 1.